The fourth-order valence-electron chi connectivity index (χ4n) is 3.19. The second-order valence-electron chi connectivity index (χ2n) is 5.70. The van der Waals surface area contributed by atoms with Gasteiger partial charge in [0.1, 0.15) is 0 Å². The average Bonchev–Trinajstić information content (AvgIpc) is 2.60. The summed E-state index contributed by atoms with van der Waals surface area (Å²) in [6, 6.07) is 11.6. The van der Waals surface area contributed by atoms with Crippen molar-refractivity contribution in [2.45, 2.75) is 25.3 Å². The summed E-state index contributed by atoms with van der Waals surface area (Å²) < 4.78 is 0. The summed E-state index contributed by atoms with van der Waals surface area (Å²) in [5, 5.41) is 12.3. The Morgan fingerprint density at radius 3 is 2.96 bits per heavy atom. The van der Waals surface area contributed by atoms with Crippen molar-refractivity contribution in [2.24, 2.45) is 0 Å². The maximum Gasteiger partial charge on any atom is 0.322 e. The molecule has 0 saturated heterocycles. The molecule has 3 rings (SSSR count). The lowest BCUT2D eigenvalue weighted by Crippen LogP contribution is -2.41. The Bertz CT molecular complexity index is 660. The van der Waals surface area contributed by atoms with Crippen LogP contribution in [0.4, 0.5) is 10.5 Å². The van der Waals surface area contributed by atoms with Gasteiger partial charge >= 0.3 is 6.03 Å². The van der Waals surface area contributed by atoms with Gasteiger partial charge in [-0.2, -0.15) is 0 Å². The van der Waals surface area contributed by atoms with Crippen LogP contribution in [0.3, 0.4) is 0 Å². The number of amides is 2. The molecule has 0 unspecified atom stereocenters. The van der Waals surface area contributed by atoms with Crippen molar-refractivity contribution < 1.29 is 9.90 Å². The van der Waals surface area contributed by atoms with E-state index >= 15 is 0 Å². The van der Waals surface area contributed by atoms with Crippen molar-refractivity contribution in [1.82, 2.24) is 9.88 Å². The number of aliphatic hydroxyl groups is 1. The third-order valence-electron chi connectivity index (χ3n) is 4.23. The van der Waals surface area contributed by atoms with Gasteiger partial charge in [-0.25, -0.2) is 4.79 Å². The summed E-state index contributed by atoms with van der Waals surface area (Å²) in [5.41, 5.74) is 3.14. The fraction of sp³-hybridized carbons (Fsp3) is 0.333. The summed E-state index contributed by atoms with van der Waals surface area (Å²) in [5.74, 6) is 0. The number of nitrogens with one attached hydrogen (secondary N) is 1. The van der Waals surface area contributed by atoms with Gasteiger partial charge in [0.25, 0.3) is 0 Å². The number of rotatable bonds is 4. The van der Waals surface area contributed by atoms with E-state index < -0.39 is 0 Å². The van der Waals surface area contributed by atoms with Crippen molar-refractivity contribution >= 4 is 11.7 Å². The molecule has 2 aromatic rings. The number of nitrogens with zero attached hydrogens (tertiary/aromatic N) is 2. The normalized spacial score (nSPS) is 16.5. The summed E-state index contributed by atoms with van der Waals surface area (Å²) in [6.07, 6.45) is 6.29. The number of hydrogen-bond donors (Lipinski definition) is 2. The van der Waals surface area contributed by atoms with E-state index in [1.165, 1.54) is 11.1 Å². The molecule has 120 valence electrons. The first-order chi connectivity index (χ1) is 11.3. The smallest absolute Gasteiger partial charge is 0.322 e. The number of aryl methyl sites for hydroxylation is 1. The van der Waals surface area contributed by atoms with Gasteiger partial charge in [-0.1, -0.05) is 24.3 Å². The molecule has 1 atom stereocenters. The molecule has 0 spiro atoms. The number of hydrogen-bond acceptors (Lipinski definition) is 3. The predicted octanol–water partition coefficient (Wildman–Crippen LogP) is 2.99. The molecule has 1 aliphatic carbocycles. The molecule has 2 amide bonds. The Morgan fingerprint density at radius 2 is 2.17 bits per heavy atom. The van der Waals surface area contributed by atoms with E-state index in [9.17, 15) is 9.90 Å². The van der Waals surface area contributed by atoms with Crippen LogP contribution in [0.5, 0.6) is 0 Å². The molecular weight excluding hydrogens is 290 g/mol. The van der Waals surface area contributed by atoms with Crippen LogP contribution in [0.2, 0.25) is 0 Å². The second-order valence-corrected chi connectivity index (χ2v) is 5.70. The van der Waals surface area contributed by atoms with Crippen LogP contribution < -0.4 is 5.32 Å². The number of fused-ring (bicyclic) bond motifs is 1. The van der Waals surface area contributed by atoms with Gasteiger partial charge < -0.3 is 15.3 Å². The quantitative estimate of drug-likeness (QED) is 0.912. The number of benzene rings is 1. The Kier molecular flexibility index (Phi) is 4.88. The summed E-state index contributed by atoms with van der Waals surface area (Å²) in [4.78, 5) is 18.4. The largest absolute Gasteiger partial charge is 0.395 e. The molecule has 0 radical (unpaired) electrons. The Hall–Kier alpha value is -2.40. The van der Waals surface area contributed by atoms with E-state index in [1.54, 1.807) is 29.4 Å². The van der Waals surface area contributed by atoms with E-state index in [-0.39, 0.29) is 18.7 Å². The van der Waals surface area contributed by atoms with Crippen LogP contribution in [-0.4, -0.2) is 34.2 Å². The number of carbonyl (C=O) groups is 1. The molecule has 0 fully saturated rings. The van der Waals surface area contributed by atoms with E-state index in [1.807, 2.05) is 12.1 Å². The van der Waals surface area contributed by atoms with Crippen LogP contribution in [0.15, 0.2) is 48.8 Å². The van der Waals surface area contributed by atoms with Crippen molar-refractivity contribution in [1.29, 1.82) is 0 Å². The molecule has 1 aromatic carbocycles. The number of pyridine rings is 1. The van der Waals surface area contributed by atoms with Crippen LogP contribution in [0, 0.1) is 0 Å². The predicted molar refractivity (Wildman–Crippen MR) is 89.2 cm³/mol. The molecule has 1 heterocycles. The topological polar surface area (TPSA) is 65.5 Å². The summed E-state index contributed by atoms with van der Waals surface area (Å²) in [7, 11) is 0. The summed E-state index contributed by atoms with van der Waals surface area (Å²) >= 11 is 0. The zero-order valence-corrected chi connectivity index (χ0v) is 13.0. The zero-order chi connectivity index (χ0) is 16.1. The lowest BCUT2D eigenvalue weighted by molar-refractivity contribution is 0.155. The van der Waals surface area contributed by atoms with Crippen molar-refractivity contribution in [3.8, 4) is 0 Å². The van der Waals surface area contributed by atoms with Gasteiger partial charge in [-0.3, -0.25) is 4.98 Å². The number of aliphatic hydroxyl groups excluding tert-OH is 1. The molecule has 0 bridgehead atoms. The Labute approximate surface area is 136 Å². The first kappa shape index (κ1) is 15.5. The van der Waals surface area contributed by atoms with Crippen LogP contribution >= 0.6 is 0 Å². The van der Waals surface area contributed by atoms with Gasteiger partial charge in [0.15, 0.2) is 0 Å². The molecule has 23 heavy (non-hydrogen) atoms. The van der Waals surface area contributed by atoms with Crippen LogP contribution in [0.1, 0.15) is 30.0 Å². The molecule has 5 nitrogen and oxygen atoms in total. The summed E-state index contributed by atoms with van der Waals surface area (Å²) in [6.45, 7) is 0.254. The van der Waals surface area contributed by atoms with Crippen molar-refractivity contribution in [3.63, 3.8) is 0 Å². The van der Waals surface area contributed by atoms with E-state index in [0.717, 1.165) is 19.3 Å². The second kappa shape index (κ2) is 7.24. The lowest BCUT2D eigenvalue weighted by Gasteiger charge is -2.35. The first-order valence-electron chi connectivity index (χ1n) is 7.96. The molecule has 0 saturated carbocycles. The fourth-order valence-corrected chi connectivity index (χ4v) is 3.19. The van der Waals surface area contributed by atoms with Gasteiger partial charge in [0.2, 0.25) is 0 Å². The standard InChI is InChI=1S/C18H21N3O2/c22-12-11-21(18(23)20-15-7-4-10-19-13-15)17-9-3-6-14-5-1-2-8-16(14)17/h1-2,4-5,7-8,10,13,17,22H,3,6,9,11-12H2,(H,20,23)/t17-/m1/s1. The maximum absolute atomic E-state index is 12.7. The minimum atomic E-state index is -0.200. The highest BCUT2D eigenvalue weighted by atomic mass is 16.3. The van der Waals surface area contributed by atoms with Crippen molar-refractivity contribution in [2.75, 3.05) is 18.5 Å². The maximum atomic E-state index is 12.7. The number of aromatic nitrogens is 1. The van der Waals surface area contributed by atoms with Gasteiger partial charge in [-0.05, 0) is 42.5 Å². The molecule has 2 N–H and O–H groups in total. The SMILES string of the molecule is O=C(Nc1cccnc1)N(CCO)[C@@H]1CCCc2ccccc21. The Balaban J connectivity index is 1.83. The van der Waals surface area contributed by atoms with E-state index in [0.29, 0.717) is 12.2 Å². The molecule has 1 aliphatic rings. The molecule has 5 heteroatoms. The van der Waals surface area contributed by atoms with E-state index in [2.05, 4.69) is 22.4 Å². The van der Waals surface area contributed by atoms with E-state index in [4.69, 9.17) is 0 Å². The third-order valence-corrected chi connectivity index (χ3v) is 4.23. The number of carbonyl (C=O) groups excluding carboxylic acids is 1. The minimum absolute atomic E-state index is 0.00349. The number of urea groups is 1. The van der Waals surface area contributed by atoms with Crippen molar-refractivity contribution in [3.05, 3.63) is 59.9 Å². The van der Waals surface area contributed by atoms with Gasteiger partial charge in [-0.15, -0.1) is 0 Å². The Morgan fingerprint density at radius 1 is 1.30 bits per heavy atom. The number of anilines is 1. The average molecular weight is 311 g/mol. The molecular formula is C18H21N3O2. The first-order valence-corrected chi connectivity index (χ1v) is 7.96. The molecule has 1 aromatic heterocycles. The van der Waals surface area contributed by atoms with Crippen LogP contribution in [0.25, 0.3) is 0 Å². The highest BCUT2D eigenvalue weighted by molar-refractivity contribution is 5.89. The minimum Gasteiger partial charge on any atom is -0.395 e. The lowest BCUT2D eigenvalue weighted by atomic mass is 9.87. The van der Waals surface area contributed by atoms with Gasteiger partial charge in [0, 0.05) is 12.7 Å². The van der Waals surface area contributed by atoms with Gasteiger partial charge in [0.05, 0.1) is 24.5 Å². The highest BCUT2D eigenvalue weighted by Crippen LogP contribution is 2.34. The zero-order valence-electron chi connectivity index (χ0n) is 13.0. The van der Waals surface area contributed by atoms with Crippen LogP contribution in [-0.2, 0) is 6.42 Å². The third kappa shape index (κ3) is 3.51. The molecule has 0 aliphatic heterocycles. The monoisotopic (exact) mass is 311 g/mol. The highest BCUT2D eigenvalue weighted by Gasteiger charge is 2.28.